The Bertz CT molecular complexity index is 1110. The van der Waals surface area contributed by atoms with Gasteiger partial charge in [-0.1, -0.05) is 36.4 Å². The van der Waals surface area contributed by atoms with Crippen molar-refractivity contribution in [3.63, 3.8) is 0 Å². The molecule has 178 valence electrons. The highest BCUT2D eigenvalue weighted by atomic mass is 19.4. The van der Waals surface area contributed by atoms with Crippen molar-refractivity contribution in [3.8, 4) is 11.1 Å². The van der Waals surface area contributed by atoms with Crippen molar-refractivity contribution in [1.82, 2.24) is 5.32 Å². The van der Waals surface area contributed by atoms with Crippen molar-refractivity contribution >= 4 is 17.6 Å². The molecule has 3 N–H and O–H groups in total. The first-order chi connectivity index (χ1) is 16.1. The van der Waals surface area contributed by atoms with Crippen LogP contribution in [0.15, 0.2) is 72.8 Å². The zero-order valence-electron chi connectivity index (χ0n) is 18.5. The molecule has 0 heterocycles. The largest absolute Gasteiger partial charge is 0.481 e. The van der Waals surface area contributed by atoms with Gasteiger partial charge in [0.25, 0.3) is 5.91 Å². The molecule has 3 rings (SSSR count). The van der Waals surface area contributed by atoms with Crippen molar-refractivity contribution in [2.24, 2.45) is 0 Å². The molecule has 8 heteroatoms. The molecule has 0 aliphatic carbocycles. The Morgan fingerprint density at radius 2 is 1.44 bits per heavy atom. The fraction of sp³-hybridized carbons (Fsp3) is 0.231. The van der Waals surface area contributed by atoms with E-state index in [1.807, 2.05) is 31.2 Å². The number of benzene rings is 3. The smallest absolute Gasteiger partial charge is 0.416 e. The maximum atomic E-state index is 12.7. The van der Waals surface area contributed by atoms with Crippen LogP contribution in [0, 0.1) is 0 Å². The number of nitrogens with one attached hydrogen (secondary N) is 2. The van der Waals surface area contributed by atoms with Crippen LogP contribution in [0.25, 0.3) is 11.1 Å². The van der Waals surface area contributed by atoms with Gasteiger partial charge in [0.15, 0.2) is 0 Å². The molecule has 0 spiro atoms. The lowest BCUT2D eigenvalue weighted by molar-refractivity contribution is -0.138. The lowest BCUT2D eigenvalue weighted by Crippen LogP contribution is -2.26. The van der Waals surface area contributed by atoms with Gasteiger partial charge in [-0.05, 0) is 66.4 Å². The summed E-state index contributed by atoms with van der Waals surface area (Å²) < 4.78 is 38.2. The van der Waals surface area contributed by atoms with E-state index in [0.29, 0.717) is 5.56 Å². The van der Waals surface area contributed by atoms with E-state index in [2.05, 4.69) is 10.6 Å². The number of carbonyl (C=O) groups is 2. The van der Waals surface area contributed by atoms with Gasteiger partial charge >= 0.3 is 12.1 Å². The van der Waals surface area contributed by atoms with Crippen molar-refractivity contribution in [3.05, 3.63) is 89.5 Å². The Labute approximate surface area is 195 Å². The minimum Gasteiger partial charge on any atom is -0.481 e. The summed E-state index contributed by atoms with van der Waals surface area (Å²) in [6.07, 6.45) is -3.75. The summed E-state index contributed by atoms with van der Waals surface area (Å²) in [5, 5.41) is 14.6. The molecule has 0 fully saturated rings. The molecule has 0 bridgehead atoms. The average Bonchev–Trinajstić information content (AvgIpc) is 2.79. The lowest BCUT2D eigenvalue weighted by atomic mass is 10.00. The van der Waals surface area contributed by atoms with E-state index in [-0.39, 0.29) is 24.9 Å². The van der Waals surface area contributed by atoms with Crippen molar-refractivity contribution in [2.45, 2.75) is 32.0 Å². The number of amides is 1. The van der Waals surface area contributed by atoms with Crippen LogP contribution < -0.4 is 10.6 Å². The van der Waals surface area contributed by atoms with E-state index in [1.54, 1.807) is 24.3 Å². The highest BCUT2D eigenvalue weighted by molar-refractivity contribution is 5.94. The quantitative estimate of drug-likeness (QED) is 0.379. The lowest BCUT2D eigenvalue weighted by Gasteiger charge is -2.16. The van der Waals surface area contributed by atoms with Gasteiger partial charge in [0.05, 0.1) is 12.0 Å². The monoisotopic (exact) mass is 470 g/mol. The van der Waals surface area contributed by atoms with E-state index in [9.17, 15) is 22.8 Å². The number of hydrogen-bond acceptors (Lipinski definition) is 3. The summed E-state index contributed by atoms with van der Waals surface area (Å²) in [6, 6.07) is 19.8. The Hall–Kier alpha value is -3.81. The maximum absolute atomic E-state index is 12.7. The van der Waals surface area contributed by atoms with Crippen molar-refractivity contribution in [2.75, 3.05) is 11.9 Å². The number of anilines is 1. The van der Waals surface area contributed by atoms with E-state index in [4.69, 9.17) is 5.11 Å². The molecule has 0 saturated carbocycles. The molecule has 0 aliphatic rings. The molecule has 0 saturated heterocycles. The van der Waals surface area contributed by atoms with Crippen LogP contribution in [0.3, 0.4) is 0 Å². The predicted molar refractivity (Wildman–Crippen MR) is 125 cm³/mol. The minimum absolute atomic E-state index is 0.0723. The number of aliphatic carboxylic acids is 1. The van der Waals surface area contributed by atoms with Gasteiger partial charge in [-0.15, -0.1) is 0 Å². The van der Waals surface area contributed by atoms with Crippen molar-refractivity contribution < 1.29 is 27.9 Å². The third-order valence-corrected chi connectivity index (χ3v) is 5.23. The number of alkyl halides is 3. The Morgan fingerprint density at radius 1 is 0.882 bits per heavy atom. The summed E-state index contributed by atoms with van der Waals surface area (Å²) in [4.78, 5) is 22.5. The zero-order valence-corrected chi connectivity index (χ0v) is 18.5. The standard InChI is InChI=1S/C26H25F3N2O3/c1-17(31-23-12-8-21(9-13-23)25(34)30-15-14-24(32)33)16-18-2-4-19(5-3-18)20-6-10-22(11-7-20)26(27,28)29/h2-13,17,31H,14-16H2,1H3,(H,30,34)(H,32,33)/t17-/m0/s1. The Morgan fingerprint density at radius 3 is 1.97 bits per heavy atom. The number of carboxylic acids is 1. The molecule has 5 nitrogen and oxygen atoms in total. The predicted octanol–water partition coefficient (Wildman–Crippen LogP) is 5.62. The molecular weight excluding hydrogens is 445 g/mol. The summed E-state index contributed by atoms with van der Waals surface area (Å²) in [6.45, 7) is 2.10. The SMILES string of the molecule is C[C@@H](Cc1ccc(-c2ccc(C(F)(F)F)cc2)cc1)Nc1ccc(C(=O)NCCC(=O)O)cc1. The number of hydrogen-bond donors (Lipinski definition) is 3. The molecule has 0 aromatic heterocycles. The number of carbonyl (C=O) groups excluding carboxylic acids is 1. The fourth-order valence-corrected chi connectivity index (χ4v) is 3.48. The van der Waals surface area contributed by atoms with Crippen LogP contribution in [0.2, 0.25) is 0 Å². The van der Waals surface area contributed by atoms with Crippen LogP contribution in [-0.2, 0) is 17.4 Å². The highest BCUT2D eigenvalue weighted by Crippen LogP contribution is 2.31. The van der Waals surface area contributed by atoms with Gasteiger partial charge in [0.2, 0.25) is 0 Å². The first-order valence-corrected chi connectivity index (χ1v) is 10.7. The molecule has 0 aliphatic heterocycles. The van der Waals surface area contributed by atoms with E-state index >= 15 is 0 Å². The third kappa shape index (κ3) is 7.10. The molecule has 34 heavy (non-hydrogen) atoms. The van der Waals surface area contributed by atoms with Crippen LogP contribution in [0.4, 0.5) is 18.9 Å². The van der Waals surface area contributed by atoms with E-state index in [0.717, 1.165) is 40.9 Å². The topological polar surface area (TPSA) is 78.4 Å². The molecule has 1 atom stereocenters. The third-order valence-electron chi connectivity index (χ3n) is 5.23. The van der Waals surface area contributed by atoms with E-state index < -0.39 is 17.7 Å². The van der Waals surface area contributed by atoms with Crippen LogP contribution in [0.5, 0.6) is 0 Å². The Kier molecular flexibility index (Phi) is 7.94. The van der Waals surface area contributed by atoms with Crippen LogP contribution in [-0.4, -0.2) is 29.6 Å². The molecular formula is C26H25F3N2O3. The second kappa shape index (κ2) is 10.9. The second-order valence-corrected chi connectivity index (χ2v) is 8.00. The summed E-state index contributed by atoms with van der Waals surface area (Å²) in [7, 11) is 0. The zero-order chi connectivity index (χ0) is 24.7. The van der Waals surface area contributed by atoms with Crippen molar-refractivity contribution in [1.29, 1.82) is 0 Å². The van der Waals surface area contributed by atoms with Gasteiger partial charge < -0.3 is 15.7 Å². The number of rotatable bonds is 9. The molecule has 0 radical (unpaired) electrons. The molecule has 3 aromatic rings. The summed E-state index contributed by atoms with van der Waals surface area (Å²) >= 11 is 0. The van der Waals surface area contributed by atoms with Gasteiger partial charge in [0, 0.05) is 23.8 Å². The number of carboxylic acid groups (broad SMARTS) is 1. The summed E-state index contributed by atoms with van der Waals surface area (Å²) in [5.41, 5.74) is 3.26. The molecule has 3 aromatic carbocycles. The highest BCUT2D eigenvalue weighted by Gasteiger charge is 2.29. The second-order valence-electron chi connectivity index (χ2n) is 8.00. The maximum Gasteiger partial charge on any atom is 0.416 e. The van der Waals surface area contributed by atoms with Gasteiger partial charge in [-0.25, -0.2) is 0 Å². The fourth-order valence-electron chi connectivity index (χ4n) is 3.48. The first-order valence-electron chi connectivity index (χ1n) is 10.7. The van der Waals surface area contributed by atoms with Crippen LogP contribution >= 0.6 is 0 Å². The average molecular weight is 470 g/mol. The number of halogens is 3. The minimum atomic E-state index is -4.35. The van der Waals surface area contributed by atoms with Gasteiger partial charge in [0.1, 0.15) is 0 Å². The molecule has 1 amide bonds. The van der Waals surface area contributed by atoms with Gasteiger partial charge in [-0.2, -0.15) is 13.2 Å². The van der Waals surface area contributed by atoms with E-state index in [1.165, 1.54) is 12.1 Å². The van der Waals surface area contributed by atoms with Gasteiger partial charge in [-0.3, -0.25) is 9.59 Å². The first kappa shape index (κ1) is 24.8. The normalized spacial score (nSPS) is 12.1. The Balaban J connectivity index is 1.53. The van der Waals surface area contributed by atoms with Crippen LogP contribution in [0.1, 0.15) is 34.8 Å². The summed E-state index contributed by atoms with van der Waals surface area (Å²) in [5.74, 6) is -1.29. The molecule has 0 unspecified atom stereocenters.